The van der Waals surface area contributed by atoms with Gasteiger partial charge in [-0.3, -0.25) is 0 Å². The molecule has 192 valence electrons. The third-order valence-electron chi connectivity index (χ3n) is 8.56. The van der Waals surface area contributed by atoms with Gasteiger partial charge in [-0.1, -0.05) is 38.1 Å². The summed E-state index contributed by atoms with van der Waals surface area (Å²) >= 11 is 0. The maximum Gasteiger partial charge on any atom is 0.164 e. The fraction of sp³-hybridized carbons (Fsp3) is 0.324. The third kappa shape index (κ3) is 4.93. The number of benzene rings is 3. The van der Waals surface area contributed by atoms with Crippen LogP contribution >= 0.6 is 0 Å². The van der Waals surface area contributed by atoms with Crippen LogP contribution in [0.5, 0.6) is 0 Å². The van der Waals surface area contributed by atoms with Gasteiger partial charge < -0.3 is 0 Å². The number of rotatable bonds is 4. The van der Waals surface area contributed by atoms with Crippen molar-refractivity contribution >= 4 is 0 Å². The van der Waals surface area contributed by atoms with Gasteiger partial charge in [-0.15, -0.1) is 0 Å². The molecule has 3 aromatic carbocycles. The van der Waals surface area contributed by atoms with Crippen molar-refractivity contribution in [1.82, 2.24) is 15.0 Å². The van der Waals surface area contributed by atoms with E-state index >= 15 is 0 Å². The molecular formula is C34H31N5. The minimum absolute atomic E-state index is 0.277. The highest BCUT2D eigenvalue weighted by atomic mass is 15.0. The van der Waals surface area contributed by atoms with Gasteiger partial charge in [-0.25, -0.2) is 15.0 Å². The normalized spacial score (nSPS) is 23.9. The van der Waals surface area contributed by atoms with Crippen LogP contribution < -0.4 is 0 Å². The van der Waals surface area contributed by atoms with Crippen LogP contribution in [-0.4, -0.2) is 15.0 Å². The molecule has 0 N–H and O–H groups in total. The number of nitriles is 2. The number of aromatic nitrogens is 3. The zero-order chi connectivity index (χ0) is 27.0. The number of nitrogens with zero attached hydrogens (tertiary/aromatic N) is 5. The molecule has 1 aromatic heterocycles. The van der Waals surface area contributed by atoms with Crippen molar-refractivity contribution in [3.05, 3.63) is 89.5 Å². The van der Waals surface area contributed by atoms with Crippen LogP contribution in [0.15, 0.2) is 72.8 Å². The standard InChI is InChI=1S/C34H31N5/c1-22-15-26-16-23(2)18-34(17-22,19-26)30-13-11-29(12-14-30)33-38-31(27-7-3-24(20-35)4-8-27)37-32(39-33)28-9-5-25(21-36)6-10-28/h3-14,22-23,26H,15-19H2,1-2H3/t22-,23+,26-,34?. The number of hydrogen-bond donors (Lipinski definition) is 0. The minimum Gasteiger partial charge on any atom is -0.208 e. The summed E-state index contributed by atoms with van der Waals surface area (Å²) in [5, 5.41) is 18.4. The zero-order valence-corrected chi connectivity index (χ0v) is 22.4. The Hall–Kier alpha value is -4.35. The van der Waals surface area contributed by atoms with Gasteiger partial charge in [0.25, 0.3) is 0 Å². The van der Waals surface area contributed by atoms with Crippen LogP contribution in [-0.2, 0) is 5.41 Å². The van der Waals surface area contributed by atoms with Crippen molar-refractivity contribution in [3.8, 4) is 46.3 Å². The highest BCUT2D eigenvalue weighted by molar-refractivity contribution is 5.67. The fourth-order valence-corrected chi connectivity index (χ4v) is 7.18. The van der Waals surface area contributed by atoms with Crippen molar-refractivity contribution in [3.63, 3.8) is 0 Å². The summed E-state index contributed by atoms with van der Waals surface area (Å²) in [6, 6.07) is 27.8. The molecule has 4 atom stereocenters. The molecule has 5 nitrogen and oxygen atoms in total. The Morgan fingerprint density at radius 2 is 0.974 bits per heavy atom. The second-order valence-electron chi connectivity index (χ2n) is 11.7. The van der Waals surface area contributed by atoms with Crippen molar-refractivity contribution in [1.29, 1.82) is 10.5 Å². The van der Waals surface area contributed by atoms with Gasteiger partial charge in [0.1, 0.15) is 0 Å². The first-order valence-corrected chi connectivity index (χ1v) is 13.8. The van der Waals surface area contributed by atoms with E-state index in [0.29, 0.717) is 28.6 Å². The van der Waals surface area contributed by atoms with Crippen LogP contribution in [0.2, 0.25) is 0 Å². The summed E-state index contributed by atoms with van der Waals surface area (Å²) in [6.45, 7) is 4.84. The van der Waals surface area contributed by atoms with E-state index in [1.807, 2.05) is 24.3 Å². The van der Waals surface area contributed by atoms with Crippen molar-refractivity contribution in [2.24, 2.45) is 17.8 Å². The predicted molar refractivity (Wildman–Crippen MR) is 152 cm³/mol. The molecule has 0 radical (unpaired) electrons. The molecule has 0 spiro atoms. The van der Waals surface area contributed by atoms with E-state index in [-0.39, 0.29) is 5.41 Å². The Bertz CT molecular complexity index is 1480. The highest BCUT2D eigenvalue weighted by Gasteiger charge is 2.45. The second-order valence-corrected chi connectivity index (χ2v) is 11.7. The molecule has 39 heavy (non-hydrogen) atoms. The van der Waals surface area contributed by atoms with Gasteiger partial charge in [0.05, 0.1) is 23.3 Å². The van der Waals surface area contributed by atoms with E-state index in [4.69, 9.17) is 15.0 Å². The van der Waals surface area contributed by atoms with E-state index < -0.39 is 0 Å². The first-order valence-electron chi connectivity index (χ1n) is 13.8. The average molecular weight is 510 g/mol. The van der Waals surface area contributed by atoms with Crippen molar-refractivity contribution in [2.45, 2.75) is 51.4 Å². The quantitative estimate of drug-likeness (QED) is 0.281. The molecule has 0 aliphatic heterocycles. The molecule has 2 aliphatic carbocycles. The maximum atomic E-state index is 9.21. The van der Waals surface area contributed by atoms with Crippen molar-refractivity contribution in [2.75, 3.05) is 0 Å². The summed E-state index contributed by atoms with van der Waals surface area (Å²) < 4.78 is 0. The summed E-state index contributed by atoms with van der Waals surface area (Å²) in [5.74, 6) is 4.09. The Kier molecular flexibility index (Phi) is 6.45. The van der Waals surface area contributed by atoms with Crippen LogP contribution in [0.3, 0.4) is 0 Å². The highest BCUT2D eigenvalue weighted by Crippen LogP contribution is 2.54. The van der Waals surface area contributed by atoms with Crippen LogP contribution in [0, 0.1) is 40.4 Å². The van der Waals surface area contributed by atoms with Gasteiger partial charge >= 0.3 is 0 Å². The van der Waals surface area contributed by atoms with E-state index in [1.54, 1.807) is 24.3 Å². The topological polar surface area (TPSA) is 86.2 Å². The van der Waals surface area contributed by atoms with Gasteiger partial charge in [-0.05, 0) is 109 Å². The Labute approximate surface area is 230 Å². The molecule has 2 aliphatic rings. The van der Waals surface area contributed by atoms with Crippen LogP contribution in [0.4, 0.5) is 0 Å². The summed E-state index contributed by atoms with van der Waals surface area (Å²) in [7, 11) is 0. The Balaban J connectivity index is 1.40. The first kappa shape index (κ1) is 25.0. The molecule has 2 saturated carbocycles. The molecular weight excluding hydrogens is 478 g/mol. The molecule has 5 heteroatoms. The van der Waals surface area contributed by atoms with Crippen LogP contribution in [0.1, 0.15) is 62.6 Å². The lowest BCUT2D eigenvalue weighted by atomic mass is 9.54. The Morgan fingerprint density at radius 3 is 1.36 bits per heavy atom. The van der Waals surface area contributed by atoms with Crippen molar-refractivity contribution < 1.29 is 0 Å². The SMILES string of the molecule is C[C@@H]1C[C@@H]2C[C@H](C)CC(c3ccc(-c4nc(-c5ccc(C#N)cc5)nc(-c5ccc(C#N)cc5)n4)cc3)(C1)C2. The molecule has 0 saturated heterocycles. The van der Waals surface area contributed by atoms with E-state index in [1.165, 1.54) is 37.7 Å². The van der Waals surface area contributed by atoms with Crippen LogP contribution in [0.25, 0.3) is 34.2 Å². The minimum atomic E-state index is 0.277. The van der Waals surface area contributed by atoms with Gasteiger partial charge in [0, 0.05) is 16.7 Å². The monoisotopic (exact) mass is 509 g/mol. The summed E-state index contributed by atoms with van der Waals surface area (Å²) in [4.78, 5) is 14.5. The molecule has 1 heterocycles. The summed E-state index contributed by atoms with van der Waals surface area (Å²) in [6.07, 6.45) is 6.57. The Morgan fingerprint density at radius 1 is 0.590 bits per heavy atom. The third-order valence-corrected chi connectivity index (χ3v) is 8.56. The van der Waals surface area contributed by atoms with Gasteiger partial charge in [-0.2, -0.15) is 10.5 Å². The molecule has 6 rings (SSSR count). The van der Waals surface area contributed by atoms with E-state index in [0.717, 1.165) is 34.4 Å². The number of fused-ring (bicyclic) bond motifs is 2. The molecule has 0 amide bonds. The fourth-order valence-electron chi connectivity index (χ4n) is 7.18. The second kappa shape index (κ2) is 10.1. The predicted octanol–water partition coefficient (Wildman–Crippen LogP) is 7.72. The van der Waals surface area contributed by atoms with E-state index in [9.17, 15) is 10.5 Å². The lowest BCUT2D eigenvalue weighted by Gasteiger charge is -2.50. The smallest absolute Gasteiger partial charge is 0.164 e. The molecule has 1 unspecified atom stereocenters. The number of hydrogen-bond acceptors (Lipinski definition) is 5. The average Bonchev–Trinajstić information content (AvgIpc) is 2.96. The molecule has 2 bridgehead atoms. The zero-order valence-electron chi connectivity index (χ0n) is 22.4. The largest absolute Gasteiger partial charge is 0.208 e. The molecule has 2 fully saturated rings. The lowest BCUT2D eigenvalue weighted by molar-refractivity contribution is 0.0780. The van der Waals surface area contributed by atoms with Gasteiger partial charge in [0.15, 0.2) is 17.5 Å². The summed E-state index contributed by atoms with van der Waals surface area (Å²) in [5.41, 5.74) is 5.50. The maximum absolute atomic E-state index is 9.21. The van der Waals surface area contributed by atoms with E-state index in [2.05, 4.69) is 50.3 Å². The first-order chi connectivity index (χ1) is 18.9. The van der Waals surface area contributed by atoms with Gasteiger partial charge in [0.2, 0.25) is 0 Å². The lowest BCUT2D eigenvalue weighted by Crippen LogP contribution is -2.42. The molecule has 4 aromatic rings.